The molecule has 1 N–H and O–H groups in total. The first kappa shape index (κ1) is 15.8. The van der Waals surface area contributed by atoms with Crippen molar-refractivity contribution in [1.82, 2.24) is 4.98 Å². The first-order chi connectivity index (χ1) is 12.6. The van der Waals surface area contributed by atoms with Gasteiger partial charge in [0.05, 0.1) is 4.92 Å². The summed E-state index contributed by atoms with van der Waals surface area (Å²) >= 11 is 0. The van der Waals surface area contributed by atoms with Crippen LogP contribution in [-0.4, -0.2) is 15.7 Å². The van der Waals surface area contributed by atoms with Crippen LogP contribution in [0.2, 0.25) is 0 Å². The van der Waals surface area contributed by atoms with E-state index in [1.165, 1.54) is 18.2 Å². The Kier molecular flexibility index (Phi) is 3.82. The fourth-order valence-electron chi connectivity index (χ4n) is 2.98. The molecule has 0 saturated carbocycles. The van der Waals surface area contributed by atoms with E-state index in [0.717, 1.165) is 27.4 Å². The van der Waals surface area contributed by atoms with Crippen LogP contribution in [0.1, 0.15) is 15.9 Å². The molecule has 0 aliphatic heterocycles. The molecule has 0 aliphatic rings. The Morgan fingerprint density at radius 1 is 0.923 bits per heavy atom. The van der Waals surface area contributed by atoms with Crippen LogP contribution in [0.3, 0.4) is 0 Å². The lowest BCUT2D eigenvalue weighted by Crippen LogP contribution is -1.93. The molecule has 1 aromatic heterocycles. The molecule has 0 atom stereocenters. The molecule has 0 saturated heterocycles. The van der Waals surface area contributed by atoms with Gasteiger partial charge in [-0.1, -0.05) is 24.3 Å². The van der Waals surface area contributed by atoms with Gasteiger partial charge in [-0.15, -0.1) is 0 Å². The molecule has 4 aromatic rings. The topological polar surface area (TPSA) is 76.0 Å². The van der Waals surface area contributed by atoms with E-state index in [0.29, 0.717) is 5.56 Å². The maximum Gasteiger partial charge on any atom is 0.269 e. The van der Waals surface area contributed by atoms with Crippen LogP contribution in [0.4, 0.5) is 5.69 Å². The van der Waals surface area contributed by atoms with E-state index in [2.05, 4.69) is 4.98 Å². The van der Waals surface area contributed by atoms with Crippen molar-refractivity contribution in [3.8, 4) is 0 Å². The van der Waals surface area contributed by atoms with E-state index >= 15 is 0 Å². The van der Waals surface area contributed by atoms with Crippen LogP contribution in [-0.2, 0) is 0 Å². The number of para-hydroxylation sites is 1. The van der Waals surface area contributed by atoms with Gasteiger partial charge in [0.25, 0.3) is 5.69 Å². The minimum Gasteiger partial charge on any atom is -0.355 e. The molecule has 0 fully saturated rings. The lowest BCUT2D eigenvalue weighted by atomic mass is 10.1. The fraction of sp³-hybridized carbons (Fsp3) is 0. The average Bonchev–Trinajstić information content (AvgIpc) is 3.04. The van der Waals surface area contributed by atoms with Gasteiger partial charge in [0.1, 0.15) is 0 Å². The molecule has 0 aliphatic carbocycles. The van der Waals surface area contributed by atoms with E-state index in [-0.39, 0.29) is 11.5 Å². The van der Waals surface area contributed by atoms with E-state index < -0.39 is 4.92 Å². The smallest absolute Gasteiger partial charge is 0.269 e. The maximum atomic E-state index is 12.5. The number of carbonyl (C=O) groups is 1. The van der Waals surface area contributed by atoms with E-state index in [4.69, 9.17) is 0 Å². The molecular weight excluding hydrogens is 328 g/mol. The van der Waals surface area contributed by atoms with Crippen molar-refractivity contribution in [2.75, 3.05) is 0 Å². The number of nitro benzene ring substituents is 1. The van der Waals surface area contributed by atoms with Crippen LogP contribution in [0.5, 0.6) is 0 Å². The van der Waals surface area contributed by atoms with Gasteiger partial charge < -0.3 is 4.98 Å². The quantitative estimate of drug-likeness (QED) is 0.242. The molecule has 3 aromatic carbocycles. The number of rotatable bonds is 4. The van der Waals surface area contributed by atoms with Crippen LogP contribution in [0, 0.1) is 10.1 Å². The highest BCUT2D eigenvalue weighted by molar-refractivity contribution is 6.13. The van der Waals surface area contributed by atoms with Crippen molar-refractivity contribution in [1.29, 1.82) is 0 Å². The van der Waals surface area contributed by atoms with Crippen molar-refractivity contribution in [3.63, 3.8) is 0 Å². The Morgan fingerprint density at radius 3 is 2.42 bits per heavy atom. The highest BCUT2D eigenvalue weighted by atomic mass is 16.6. The van der Waals surface area contributed by atoms with Crippen LogP contribution >= 0.6 is 0 Å². The standard InChI is InChI=1S/C21H14N2O3/c24-21(12-7-14-5-9-16(10-6-14)23(25)26)15-8-11-20-18(13-15)17-3-1-2-4-19(17)22-20/h1-13,22H. The normalized spacial score (nSPS) is 11.4. The number of hydrogen-bond donors (Lipinski definition) is 1. The number of nitro groups is 1. The molecular formula is C21H14N2O3. The molecule has 0 radical (unpaired) electrons. The highest BCUT2D eigenvalue weighted by Crippen LogP contribution is 2.26. The zero-order chi connectivity index (χ0) is 18.1. The van der Waals surface area contributed by atoms with Crippen LogP contribution in [0.15, 0.2) is 72.8 Å². The van der Waals surface area contributed by atoms with E-state index in [9.17, 15) is 14.9 Å². The number of ketones is 1. The van der Waals surface area contributed by atoms with Gasteiger partial charge in [-0.2, -0.15) is 0 Å². The van der Waals surface area contributed by atoms with Gasteiger partial charge in [-0.05, 0) is 48.0 Å². The Balaban J connectivity index is 1.63. The number of non-ortho nitro benzene ring substituents is 1. The summed E-state index contributed by atoms with van der Waals surface area (Å²) in [4.78, 5) is 26.0. The molecule has 26 heavy (non-hydrogen) atoms. The first-order valence-electron chi connectivity index (χ1n) is 8.09. The Morgan fingerprint density at radius 2 is 1.65 bits per heavy atom. The molecule has 0 unspecified atom stereocenters. The number of nitrogens with one attached hydrogen (secondary N) is 1. The average molecular weight is 342 g/mol. The monoisotopic (exact) mass is 342 g/mol. The summed E-state index contributed by atoms with van der Waals surface area (Å²) in [5.41, 5.74) is 3.38. The maximum absolute atomic E-state index is 12.5. The molecule has 5 heteroatoms. The van der Waals surface area contributed by atoms with Crippen molar-refractivity contribution in [2.45, 2.75) is 0 Å². The lowest BCUT2D eigenvalue weighted by molar-refractivity contribution is -0.384. The minimum atomic E-state index is -0.449. The molecule has 0 bridgehead atoms. The third-order valence-electron chi connectivity index (χ3n) is 4.32. The molecule has 5 nitrogen and oxygen atoms in total. The summed E-state index contributed by atoms with van der Waals surface area (Å²) in [6.45, 7) is 0. The molecule has 1 heterocycles. The van der Waals surface area contributed by atoms with Crippen molar-refractivity contribution < 1.29 is 9.72 Å². The SMILES string of the molecule is O=C(C=Cc1ccc([N+](=O)[O-])cc1)c1ccc2[nH]c3ccccc3c2c1. The fourth-order valence-corrected chi connectivity index (χ4v) is 2.98. The van der Waals surface area contributed by atoms with Crippen LogP contribution in [0.25, 0.3) is 27.9 Å². The van der Waals surface area contributed by atoms with Gasteiger partial charge in [-0.25, -0.2) is 0 Å². The second-order valence-corrected chi connectivity index (χ2v) is 5.98. The molecule has 0 spiro atoms. The van der Waals surface area contributed by atoms with Crippen molar-refractivity contribution in [3.05, 3.63) is 94.0 Å². The van der Waals surface area contributed by atoms with Crippen LogP contribution < -0.4 is 0 Å². The molecule has 126 valence electrons. The minimum absolute atomic E-state index is 0.0262. The van der Waals surface area contributed by atoms with Crippen molar-refractivity contribution in [2.24, 2.45) is 0 Å². The van der Waals surface area contributed by atoms with E-state index in [1.54, 1.807) is 24.3 Å². The molecule has 4 rings (SSSR count). The second-order valence-electron chi connectivity index (χ2n) is 5.98. The van der Waals surface area contributed by atoms with Gasteiger partial charge in [0, 0.05) is 39.5 Å². The Bertz CT molecular complexity index is 1170. The summed E-state index contributed by atoms with van der Waals surface area (Å²) in [6.07, 6.45) is 3.14. The van der Waals surface area contributed by atoms with E-state index in [1.807, 2.05) is 36.4 Å². The first-order valence-corrected chi connectivity index (χ1v) is 8.09. The third kappa shape index (κ3) is 2.86. The predicted molar refractivity (Wildman–Crippen MR) is 102 cm³/mol. The van der Waals surface area contributed by atoms with Gasteiger partial charge in [0.15, 0.2) is 5.78 Å². The van der Waals surface area contributed by atoms with Gasteiger partial charge in [0.2, 0.25) is 0 Å². The zero-order valence-corrected chi connectivity index (χ0v) is 13.7. The summed E-state index contributed by atoms with van der Waals surface area (Å²) in [5.74, 6) is -0.115. The number of hydrogen-bond acceptors (Lipinski definition) is 3. The summed E-state index contributed by atoms with van der Waals surface area (Å²) in [5, 5.41) is 12.8. The lowest BCUT2D eigenvalue weighted by Gasteiger charge is -1.98. The number of H-pyrrole nitrogens is 1. The highest BCUT2D eigenvalue weighted by Gasteiger charge is 2.08. The van der Waals surface area contributed by atoms with Crippen molar-refractivity contribution >= 4 is 39.4 Å². The zero-order valence-electron chi connectivity index (χ0n) is 13.7. The molecule has 0 amide bonds. The number of allylic oxidation sites excluding steroid dienone is 1. The number of aromatic amines is 1. The Labute approximate surface area is 148 Å². The number of nitrogens with zero attached hydrogens (tertiary/aromatic N) is 1. The number of fused-ring (bicyclic) bond motifs is 3. The van der Waals surface area contributed by atoms with Gasteiger partial charge in [-0.3, -0.25) is 14.9 Å². The largest absolute Gasteiger partial charge is 0.355 e. The summed E-state index contributed by atoms with van der Waals surface area (Å²) < 4.78 is 0. The number of benzene rings is 3. The summed E-state index contributed by atoms with van der Waals surface area (Å²) in [7, 11) is 0. The number of aromatic nitrogens is 1. The summed E-state index contributed by atoms with van der Waals surface area (Å²) in [6, 6.07) is 19.6. The number of carbonyl (C=O) groups excluding carboxylic acids is 1. The Hall–Kier alpha value is -3.73. The third-order valence-corrected chi connectivity index (χ3v) is 4.32. The predicted octanol–water partition coefficient (Wildman–Crippen LogP) is 5.13. The second kappa shape index (κ2) is 6.29. The van der Waals surface area contributed by atoms with Gasteiger partial charge >= 0.3 is 0 Å².